The van der Waals surface area contributed by atoms with E-state index in [1.54, 1.807) is 66.7 Å². The summed E-state index contributed by atoms with van der Waals surface area (Å²) in [6.07, 6.45) is -1.32. The maximum absolute atomic E-state index is 13.0. The van der Waals surface area contributed by atoms with Crippen LogP contribution < -0.4 is 5.32 Å². The normalized spacial score (nSPS) is 11.4. The summed E-state index contributed by atoms with van der Waals surface area (Å²) >= 11 is 5.94. The van der Waals surface area contributed by atoms with E-state index in [-0.39, 0.29) is 24.5 Å². The predicted octanol–water partition coefficient (Wildman–Crippen LogP) is 5.53. The van der Waals surface area contributed by atoms with Gasteiger partial charge in [0.1, 0.15) is 0 Å². The van der Waals surface area contributed by atoms with Crippen molar-refractivity contribution in [1.82, 2.24) is 0 Å². The Hall–Kier alpha value is -3.44. The first-order chi connectivity index (χ1) is 14.9. The molecule has 31 heavy (non-hydrogen) atoms. The van der Waals surface area contributed by atoms with Crippen molar-refractivity contribution in [2.45, 2.75) is 25.9 Å². The van der Waals surface area contributed by atoms with Crippen molar-refractivity contribution in [1.29, 1.82) is 0 Å². The second-order valence-corrected chi connectivity index (χ2v) is 7.50. The van der Waals surface area contributed by atoms with Crippen molar-refractivity contribution >= 4 is 34.9 Å². The second kappa shape index (κ2) is 10.5. The lowest BCUT2D eigenvalue weighted by Gasteiger charge is -2.17. The number of ketones is 1. The number of Topliss-reactive ketones (excluding diaryl/α,β-unsaturated/α-hetero) is 1. The highest BCUT2D eigenvalue weighted by Gasteiger charge is 2.26. The van der Waals surface area contributed by atoms with E-state index in [1.807, 2.05) is 19.1 Å². The summed E-state index contributed by atoms with van der Waals surface area (Å²) in [6, 6.07) is 22.5. The van der Waals surface area contributed by atoms with E-state index >= 15 is 0 Å². The van der Waals surface area contributed by atoms with Gasteiger partial charge in [-0.25, -0.2) is 0 Å². The van der Waals surface area contributed by atoms with Crippen molar-refractivity contribution in [2.75, 3.05) is 5.32 Å². The molecule has 1 N–H and O–H groups in total. The van der Waals surface area contributed by atoms with Crippen molar-refractivity contribution in [3.05, 3.63) is 101 Å². The molecule has 5 nitrogen and oxygen atoms in total. The Kier molecular flexibility index (Phi) is 7.57. The first-order valence-corrected chi connectivity index (χ1v) is 10.2. The van der Waals surface area contributed by atoms with Gasteiger partial charge < -0.3 is 10.1 Å². The molecule has 0 spiro atoms. The smallest absolute Gasteiger partial charge is 0.307 e. The molecule has 0 radical (unpaired) electrons. The molecule has 0 fully saturated rings. The van der Waals surface area contributed by atoms with Crippen molar-refractivity contribution in [2.24, 2.45) is 0 Å². The maximum atomic E-state index is 13.0. The van der Waals surface area contributed by atoms with Gasteiger partial charge in [0.05, 0.1) is 6.42 Å². The van der Waals surface area contributed by atoms with Crippen LogP contribution in [0.25, 0.3) is 0 Å². The van der Waals surface area contributed by atoms with Crippen LogP contribution in [0.5, 0.6) is 0 Å². The van der Waals surface area contributed by atoms with E-state index in [9.17, 15) is 14.4 Å². The van der Waals surface area contributed by atoms with Crippen LogP contribution in [0.2, 0.25) is 5.02 Å². The van der Waals surface area contributed by atoms with E-state index in [0.29, 0.717) is 21.8 Å². The van der Waals surface area contributed by atoms with Gasteiger partial charge in [0.25, 0.3) is 0 Å². The maximum Gasteiger partial charge on any atom is 0.307 e. The first kappa shape index (κ1) is 22.2. The lowest BCUT2D eigenvalue weighted by molar-refractivity contribution is -0.148. The SMILES string of the molecule is Cc1ccc(NC(=O)CCC(=O)O[C@H](C(=O)c2ccccc2)c2ccc(Cl)cc2)cc1. The third kappa shape index (κ3) is 6.52. The van der Waals surface area contributed by atoms with Gasteiger partial charge in [0.15, 0.2) is 6.10 Å². The molecule has 0 bridgehead atoms. The van der Waals surface area contributed by atoms with Crippen molar-refractivity contribution in [3.8, 4) is 0 Å². The zero-order valence-corrected chi connectivity index (χ0v) is 17.8. The summed E-state index contributed by atoms with van der Waals surface area (Å²) < 4.78 is 5.50. The van der Waals surface area contributed by atoms with Gasteiger partial charge >= 0.3 is 5.97 Å². The topological polar surface area (TPSA) is 72.5 Å². The van der Waals surface area contributed by atoms with Crippen LogP contribution in [0.1, 0.15) is 40.4 Å². The van der Waals surface area contributed by atoms with E-state index in [2.05, 4.69) is 5.32 Å². The van der Waals surface area contributed by atoms with E-state index < -0.39 is 12.1 Å². The van der Waals surface area contributed by atoms with E-state index in [4.69, 9.17) is 16.3 Å². The number of esters is 1. The molecule has 0 unspecified atom stereocenters. The Bertz CT molecular complexity index is 1050. The fourth-order valence-corrected chi connectivity index (χ4v) is 3.06. The molecule has 3 aromatic carbocycles. The van der Waals surface area contributed by atoms with Gasteiger partial charge in [-0.3, -0.25) is 14.4 Å². The lowest BCUT2D eigenvalue weighted by atomic mass is 10.00. The number of hydrogen-bond donors (Lipinski definition) is 1. The quantitative estimate of drug-likeness (QED) is 0.372. The Morgan fingerprint density at radius 2 is 1.52 bits per heavy atom. The fraction of sp³-hybridized carbons (Fsp3) is 0.160. The molecule has 158 valence electrons. The molecule has 0 aliphatic carbocycles. The summed E-state index contributed by atoms with van der Waals surface area (Å²) in [6.45, 7) is 1.95. The number of rotatable bonds is 8. The number of carbonyl (C=O) groups is 3. The van der Waals surface area contributed by atoms with Crippen LogP contribution >= 0.6 is 11.6 Å². The van der Waals surface area contributed by atoms with Crippen LogP contribution in [0.15, 0.2) is 78.9 Å². The first-order valence-electron chi connectivity index (χ1n) is 9.83. The van der Waals surface area contributed by atoms with Crippen LogP contribution in [-0.4, -0.2) is 17.7 Å². The number of amides is 1. The molecular weight excluding hydrogens is 414 g/mol. The highest BCUT2D eigenvalue weighted by atomic mass is 35.5. The number of halogens is 1. The van der Waals surface area contributed by atoms with Crippen molar-refractivity contribution in [3.63, 3.8) is 0 Å². The number of carbonyl (C=O) groups excluding carboxylic acids is 3. The number of nitrogens with one attached hydrogen (secondary N) is 1. The minimum absolute atomic E-state index is 0.0560. The minimum atomic E-state index is -1.12. The standard InChI is InChI=1S/C25H22ClNO4/c1-17-7-13-21(14-8-17)27-22(28)15-16-23(29)31-25(19-9-11-20(26)12-10-19)24(30)18-5-3-2-4-6-18/h2-14,25H,15-16H2,1H3,(H,27,28)/t25-/m0/s1. The van der Waals surface area contributed by atoms with Crippen LogP contribution in [0, 0.1) is 6.92 Å². The average Bonchev–Trinajstić information content (AvgIpc) is 2.78. The van der Waals surface area contributed by atoms with Gasteiger partial charge in [0, 0.05) is 28.3 Å². The van der Waals surface area contributed by atoms with Gasteiger partial charge in [-0.1, -0.05) is 71.8 Å². The molecule has 0 heterocycles. The average molecular weight is 436 g/mol. The number of benzene rings is 3. The summed E-state index contributed by atoms with van der Waals surface area (Å²) in [5, 5.41) is 3.24. The van der Waals surface area contributed by atoms with Gasteiger partial charge in [-0.15, -0.1) is 0 Å². The molecule has 3 rings (SSSR count). The molecular formula is C25H22ClNO4. The molecule has 0 saturated heterocycles. The number of aryl methyl sites for hydroxylation is 1. The largest absolute Gasteiger partial charge is 0.449 e. The van der Waals surface area contributed by atoms with Gasteiger partial charge in [0.2, 0.25) is 11.7 Å². The number of anilines is 1. The molecule has 3 aromatic rings. The van der Waals surface area contributed by atoms with Gasteiger partial charge in [-0.05, 0) is 31.2 Å². The second-order valence-electron chi connectivity index (χ2n) is 7.07. The molecule has 0 saturated carbocycles. The minimum Gasteiger partial charge on any atom is -0.449 e. The fourth-order valence-electron chi connectivity index (χ4n) is 2.93. The molecule has 0 aromatic heterocycles. The zero-order chi connectivity index (χ0) is 22.2. The third-order valence-electron chi connectivity index (χ3n) is 4.61. The summed E-state index contributed by atoms with van der Waals surface area (Å²) in [4.78, 5) is 37.6. The number of ether oxygens (including phenoxy) is 1. The van der Waals surface area contributed by atoms with E-state index in [1.165, 1.54) is 0 Å². The monoisotopic (exact) mass is 435 g/mol. The van der Waals surface area contributed by atoms with Crippen LogP contribution in [0.3, 0.4) is 0 Å². The highest BCUT2D eigenvalue weighted by molar-refractivity contribution is 6.30. The Morgan fingerprint density at radius 1 is 0.871 bits per heavy atom. The number of hydrogen-bond acceptors (Lipinski definition) is 4. The summed E-state index contributed by atoms with van der Waals surface area (Å²) in [5.74, 6) is -1.29. The Morgan fingerprint density at radius 3 is 2.16 bits per heavy atom. The Balaban J connectivity index is 1.65. The zero-order valence-electron chi connectivity index (χ0n) is 17.0. The highest BCUT2D eigenvalue weighted by Crippen LogP contribution is 2.25. The molecule has 6 heteroatoms. The van der Waals surface area contributed by atoms with Crippen LogP contribution in [0.4, 0.5) is 5.69 Å². The molecule has 1 atom stereocenters. The molecule has 1 amide bonds. The predicted molar refractivity (Wildman–Crippen MR) is 120 cm³/mol. The Labute approximate surface area is 186 Å². The van der Waals surface area contributed by atoms with Gasteiger partial charge in [-0.2, -0.15) is 0 Å². The summed E-state index contributed by atoms with van der Waals surface area (Å²) in [7, 11) is 0. The lowest BCUT2D eigenvalue weighted by Crippen LogP contribution is -2.21. The summed E-state index contributed by atoms with van der Waals surface area (Å²) in [5.41, 5.74) is 2.67. The van der Waals surface area contributed by atoms with Crippen LogP contribution in [-0.2, 0) is 14.3 Å². The third-order valence-corrected chi connectivity index (χ3v) is 4.86. The van der Waals surface area contributed by atoms with Crippen molar-refractivity contribution < 1.29 is 19.1 Å². The molecule has 0 aliphatic heterocycles. The van der Waals surface area contributed by atoms with E-state index in [0.717, 1.165) is 5.56 Å². The molecule has 0 aliphatic rings.